The highest BCUT2D eigenvalue weighted by Gasteiger charge is 2.08. The molecule has 0 heterocycles. The van der Waals surface area contributed by atoms with E-state index in [4.69, 9.17) is 16.3 Å². The van der Waals surface area contributed by atoms with Crippen LogP contribution in [0.15, 0.2) is 12.1 Å². The van der Waals surface area contributed by atoms with Crippen molar-refractivity contribution in [3.8, 4) is 11.5 Å². The predicted octanol–water partition coefficient (Wildman–Crippen LogP) is 2.55. The molecule has 0 aromatic heterocycles. The van der Waals surface area contributed by atoms with Crippen molar-refractivity contribution in [3.63, 3.8) is 0 Å². The molecule has 15 heavy (non-hydrogen) atoms. The number of phenolic OH excluding ortho intramolecular Hbond substituents is 1. The number of aromatic hydroxyl groups is 1. The number of benzene rings is 1. The molecule has 0 saturated carbocycles. The molecule has 1 aromatic carbocycles. The molecule has 0 fully saturated rings. The maximum atomic E-state index is 9.52. The van der Waals surface area contributed by atoms with E-state index in [1.165, 1.54) is 7.11 Å². The van der Waals surface area contributed by atoms with Crippen molar-refractivity contribution >= 4 is 11.6 Å². The largest absolute Gasteiger partial charge is 0.503 e. The fourth-order valence-electron chi connectivity index (χ4n) is 1.29. The third-order valence-corrected chi connectivity index (χ3v) is 2.35. The van der Waals surface area contributed by atoms with Crippen LogP contribution in [0, 0.1) is 0 Å². The Morgan fingerprint density at radius 2 is 2.20 bits per heavy atom. The Balaban J connectivity index is 2.77. The van der Waals surface area contributed by atoms with Gasteiger partial charge in [0.2, 0.25) is 0 Å². The zero-order chi connectivity index (χ0) is 11.3. The topological polar surface area (TPSA) is 41.5 Å². The summed E-state index contributed by atoms with van der Waals surface area (Å²) in [5.74, 6) is 0.411. The number of phenols is 1. The molecule has 0 amide bonds. The second kappa shape index (κ2) is 5.83. The molecule has 3 nitrogen and oxygen atoms in total. The first-order valence-corrected chi connectivity index (χ1v) is 5.33. The number of rotatable bonds is 5. The van der Waals surface area contributed by atoms with E-state index in [0.717, 1.165) is 25.1 Å². The summed E-state index contributed by atoms with van der Waals surface area (Å²) in [5, 5.41) is 13.1. The monoisotopic (exact) mass is 229 g/mol. The molecule has 1 aromatic rings. The molecule has 0 aliphatic heterocycles. The SMILES string of the molecule is CCCNCc1cc(Cl)c(O)c(OC)c1. The van der Waals surface area contributed by atoms with Gasteiger partial charge in [-0.05, 0) is 30.7 Å². The van der Waals surface area contributed by atoms with Gasteiger partial charge in [-0.1, -0.05) is 18.5 Å². The molecule has 0 aliphatic rings. The summed E-state index contributed by atoms with van der Waals surface area (Å²) < 4.78 is 5.01. The average molecular weight is 230 g/mol. The van der Waals surface area contributed by atoms with Gasteiger partial charge in [0.1, 0.15) is 0 Å². The molecule has 0 radical (unpaired) electrons. The Kier molecular flexibility index (Phi) is 4.72. The van der Waals surface area contributed by atoms with Crippen molar-refractivity contribution in [1.82, 2.24) is 5.32 Å². The Morgan fingerprint density at radius 1 is 1.47 bits per heavy atom. The number of nitrogens with one attached hydrogen (secondary N) is 1. The third kappa shape index (κ3) is 3.29. The maximum absolute atomic E-state index is 9.52. The first-order valence-electron chi connectivity index (χ1n) is 4.95. The van der Waals surface area contributed by atoms with Crippen LogP contribution in [-0.4, -0.2) is 18.8 Å². The van der Waals surface area contributed by atoms with Crippen molar-refractivity contribution in [2.45, 2.75) is 19.9 Å². The lowest BCUT2D eigenvalue weighted by Crippen LogP contribution is -2.13. The van der Waals surface area contributed by atoms with Gasteiger partial charge in [0, 0.05) is 6.54 Å². The minimum absolute atomic E-state index is 0.00147. The van der Waals surface area contributed by atoms with Gasteiger partial charge < -0.3 is 15.2 Å². The molecule has 0 bridgehead atoms. The number of halogens is 1. The van der Waals surface area contributed by atoms with Crippen LogP contribution in [0.5, 0.6) is 11.5 Å². The average Bonchev–Trinajstić information content (AvgIpc) is 2.23. The van der Waals surface area contributed by atoms with Crippen molar-refractivity contribution in [3.05, 3.63) is 22.7 Å². The predicted molar refractivity (Wildman–Crippen MR) is 61.7 cm³/mol. The van der Waals surface area contributed by atoms with Crippen molar-refractivity contribution in [1.29, 1.82) is 0 Å². The molecule has 0 unspecified atom stereocenters. The minimum atomic E-state index is -0.00147. The van der Waals surface area contributed by atoms with Gasteiger partial charge in [0.15, 0.2) is 11.5 Å². The minimum Gasteiger partial charge on any atom is -0.503 e. The molecular weight excluding hydrogens is 214 g/mol. The molecular formula is C11H16ClNO2. The van der Waals surface area contributed by atoms with E-state index in [9.17, 15) is 5.11 Å². The Bertz CT molecular complexity index is 329. The van der Waals surface area contributed by atoms with Crippen LogP contribution in [0.1, 0.15) is 18.9 Å². The highest BCUT2D eigenvalue weighted by Crippen LogP contribution is 2.34. The van der Waals surface area contributed by atoms with Crippen LogP contribution < -0.4 is 10.1 Å². The Hall–Kier alpha value is -0.930. The highest BCUT2D eigenvalue weighted by molar-refractivity contribution is 6.32. The highest BCUT2D eigenvalue weighted by atomic mass is 35.5. The van der Waals surface area contributed by atoms with Crippen molar-refractivity contribution in [2.24, 2.45) is 0 Å². The summed E-state index contributed by atoms with van der Waals surface area (Å²) in [6, 6.07) is 3.52. The Labute approximate surface area is 95.0 Å². The Morgan fingerprint density at radius 3 is 2.80 bits per heavy atom. The number of hydrogen-bond acceptors (Lipinski definition) is 3. The molecule has 0 saturated heterocycles. The summed E-state index contributed by atoms with van der Waals surface area (Å²) in [4.78, 5) is 0. The normalized spacial score (nSPS) is 10.3. The molecule has 4 heteroatoms. The van der Waals surface area contributed by atoms with Gasteiger partial charge in [-0.25, -0.2) is 0 Å². The van der Waals surface area contributed by atoms with E-state index in [1.807, 2.05) is 0 Å². The van der Waals surface area contributed by atoms with Gasteiger partial charge in [-0.3, -0.25) is 0 Å². The molecule has 1 rings (SSSR count). The first kappa shape index (κ1) is 12.1. The van der Waals surface area contributed by atoms with Crippen LogP contribution in [0.4, 0.5) is 0 Å². The summed E-state index contributed by atoms with van der Waals surface area (Å²) in [7, 11) is 1.51. The van der Waals surface area contributed by atoms with Gasteiger partial charge in [0.05, 0.1) is 12.1 Å². The van der Waals surface area contributed by atoms with Crippen molar-refractivity contribution < 1.29 is 9.84 Å². The third-order valence-electron chi connectivity index (χ3n) is 2.06. The molecule has 2 N–H and O–H groups in total. The van der Waals surface area contributed by atoms with Crippen LogP contribution >= 0.6 is 11.6 Å². The quantitative estimate of drug-likeness (QED) is 0.763. The standard InChI is InChI=1S/C11H16ClNO2/c1-3-4-13-7-8-5-9(12)11(14)10(6-8)15-2/h5-6,13-14H,3-4,7H2,1-2H3. The summed E-state index contributed by atoms with van der Waals surface area (Å²) in [6.07, 6.45) is 1.09. The van der Waals surface area contributed by atoms with Crippen molar-refractivity contribution in [2.75, 3.05) is 13.7 Å². The van der Waals surface area contributed by atoms with E-state index in [0.29, 0.717) is 10.8 Å². The summed E-state index contributed by atoms with van der Waals surface area (Å²) in [5.41, 5.74) is 1.00. The van der Waals surface area contributed by atoms with Gasteiger partial charge >= 0.3 is 0 Å². The molecule has 0 atom stereocenters. The van der Waals surface area contributed by atoms with Crippen LogP contribution in [0.25, 0.3) is 0 Å². The zero-order valence-electron chi connectivity index (χ0n) is 9.01. The second-order valence-electron chi connectivity index (χ2n) is 3.31. The lowest BCUT2D eigenvalue weighted by molar-refractivity contribution is 0.373. The van der Waals surface area contributed by atoms with Gasteiger partial charge in [0.25, 0.3) is 0 Å². The van der Waals surface area contributed by atoms with Crippen LogP contribution in [0.2, 0.25) is 5.02 Å². The van der Waals surface area contributed by atoms with E-state index < -0.39 is 0 Å². The summed E-state index contributed by atoms with van der Waals surface area (Å²) >= 11 is 5.85. The summed E-state index contributed by atoms with van der Waals surface area (Å²) in [6.45, 7) is 3.79. The van der Waals surface area contributed by atoms with Gasteiger partial charge in [-0.15, -0.1) is 0 Å². The van der Waals surface area contributed by atoms with E-state index >= 15 is 0 Å². The van der Waals surface area contributed by atoms with Crippen LogP contribution in [-0.2, 0) is 6.54 Å². The number of ether oxygens (including phenoxy) is 1. The lowest BCUT2D eigenvalue weighted by Gasteiger charge is -2.09. The van der Waals surface area contributed by atoms with Crippen LogP contribution in [0.3, 0.4) is 0 Å². The maximum Gasteiger partial charge on any atom is 0.176 e. The zero-order valence-corrected chi connectivity index (χ0v) is 9.77. The number of hydrogen-bond donors (Lipinski definition) is 2. The van der Waals surface area contributed by atoms with E-state index in [-0.39, 0.29) is 5.75 Å². The molecule has 0 spiro atoms. The lowest BCUT2D eigenvalue weighted by atomic mass is 10.2. The second-order valence-corrected chi connectivity index (χ2v) is 3.71. The number of methoxy groups -OCH3 is 1. The fourth-order valence-corrected chi connectivity index (χ4v) is 1.53. The van der Waals surface area contributed by atoms with E-state index in [1.54, 1.807) is 12.1 Å². The van der Waals surface area contributed by atoms with Gasteiger partial charge in [-0.2, -0.15) is 0 Å². The smallest absolute Gasteiger partial charge is 0.176 e. The first-order chi connectivity index (χ1) is 7.19. The molecule has 0 aliphatic carbocycles. The van der Waals surface area contributed by atoms with E-state index in [2.05, 4.69) is 12.2 Å². The molecule has 84 valence electrons. The fraction of sp³-hybridized carbons (Fsp3) is 0.455.